The molecule has 1 nitrogen and oxygen atoms in total. The van der Waals surface area contributed by atoms with Gasteiger partial charge in [-0.15, -0.1) is 0 Å². The molecule has 3 heteroatoms. The van der Waals surface area contributed by atoms with Crippen LogP contribution in [-0.2, 0) is 13.0 Å². The molecule has 0 aliphatic heterocycles. The van der Waals surface area contributed by atoms with E-state index in [1.165, 1.54) is 5.56 Å². The zero-order valence-corrected chi connectivity index (χ0v) is 14.9. The molecule has 2 aromatic rings. The predicted octanol–water partition coefficient (Wildman–Crippen LogP) is 5.99. The number of halogens is 2. The first-order valence-electron chi connectivity index (χ1n) is 6.71. The summed E-state index contributed by atoms with van der Waals surface area (Å²) in [5, 5.41) is 0. The highest BCUT2D eigenvalue weighted by Crippen LogP contribution is 2.35. The maximum Gasteiger partial charge on any atom is 0.148 e. The molecule has 2 aromatic carbocycles. The van der Waals surface area contributed by atoms with E-state index in [0.717, 1.165) is 26.7 Å². The van der Waals surface area contributed by atoms with Gasteiger partial charge in [0.1, 0.15) is 12.4 Å². The Morgan fingerprint density at radius 1 is 0.950 bits per heavy atom. The van der Waals surface area contributed by atoms with Gasteiger partial charge in [-0.2, -0.15) is 0 Å². The van der Waals surface area contributed by atoms with Gasteiger partial charge >= 0.3 is 0 Å². The molecule has 0 amide bonds. The molecule has 0 spiro atoms. The van der Waals surface area contributed by atoms with Crippen LogP contribution in [0.2, 0.25) is 0 Å². The molecule has 2 rings (SSSR count). The topological polar surface area (TPSA) is 9.23 Å². The molecule has 0 atom stereocenters. The molecule has 20 heavy (non-hydrogen) atoms. The van der Waals surface area contributed by atoms with Gasteiger partial charge in [0.05, 0.1) is 8.95 Å². The fraction of sp³-hybridized carbons (Fsp3) is 0.294. The standard InChI is InChI=1S/C17H18Br2O/c1-12(2)8-14-9-15(18)17(16(19)10-14)20-11-13-6-4-3-5-7-13/h3-7,9-10,12H,8,11H2,1-2H3. The second-order valence-electron chi connectivity index (χ2n) is 5.26. The zero-order valence-electron chi connectivity index (χ0n) is 11.7. The third kappa shape index (κ3) is 4.35. The summed E-state index contributed by atoms with van der Waals surface area (Å²) in [6, 6.07) is 14.5. The lowest BCUT2D eigenvalue weighted by molar-refractivity contribution is 0.302. The zero-order chi connectivity index (χ0) is 14.5. The highest BCUT2D eigenvalue weighted by atomic mass is 79.9. The first-order chi connectivity index (χ1) is 9.56. The Hall–Kier alpha value is -0.800. The molecular formula is C17H18Br2O. The van der Waals surface area contributed by atoms with Crippen LogP contribution in [0.4, 0.5) is 0 Å². The summed E-state index contributed by atoms with van der Waals surface area (Å²) in [6.07, 6.45) is 1.07. The molecule has 0 saturated carbocycles. The van der Waals surface area contributed by atoms with E-state index in [1.54, 1.807) is 0 Å². The molecule has 0 radical (unpaired) electrons. The number of rotatable bonds is 5. The minimum atomic E-state index is 0.571. The predicted molar refractivity (Wildman–Crippen MR) is 91.2 cm³/mol. The van der Waals surface area contributed by atoms with Crippen LogP contribution in [0.15, 0.2) is 51.4 Å². The normalized spacial score (nSPS) is 10.8. The van der Waals surface area contributed by atoms with E-state index < -0.39 is 0 Å². The summed E-state index contributed by atoms with van der Waals surface area (Å²) >= 11 is 7.21. The molecule has 0 heterocycles. The molecule has 0 saturated heterocycles. The van der Waals surface area contributed by atoms with Crippen molar-refractivity contribution in [1.82, 2.24) is 0 Å². The second kappa shape index (κ2) is 7.28. The highest BCUT2D eigenvalue weighted by molar-refractivity contribution is 9.11. The van der Waals surface area contributed by atoms with Crippen molar-refractivity contribution in [2.45, 2.75) is 26.9 Å². The third-order valence-corrected chi connectivity index (χ3v) is 4.11. The SMILES string of the molecule is CC(C)Cc1cc(Br)c(OCc2ccccc2)c(Br)c1. The molecular weight excluding hydrogens is 380 g/mol. The molecule has 0 fully saturated rings. The van der Waals surface area contributed by atoms with Crippen LogP contribution in [0.3, 0.4) is 0 Å². The number of benzene rings is 2. The van der Waals surface area contributed by atoms with Crippen LogP contribution in [0.1, 0.15) is 25.0 Å². The molecule has 0 aliphatic carbocycles. The van der Waals surface area contributed by atoms with E-state index >= 15 is 0 Å². The van der Waals surface area contributed by atoms with E-state index in [1.807, 2.05) is 18.2 Å². The molecule has 106 valence electrons. The Labute approximate surface area is 137 Å². The van der Waals surface area contributed by atoms with Crippen LogP contribution in [0.25, 0.3) is 0 Å². The van der Waals surface area contributed by atoms with Gasteiger partial charge < -0.3 is 4.74 Å². The third-order valence-electron chi connectivity index (χ3n) is 2.93. The quantitative estimate of drug-likeness (QED) is 0.602. The molecule has 0 unspecified atom stereocenters. The van der Waals surface area contributed by atoms with Gasteiger partial charge in [-0.3, -0.25) is 0 Å². The van der Waals surface area contributed by atoms with E-state index in [9.17, 15) is 0 Å². The van der Waals surface area contributed by atoms with Gasteiger partial charge in [-0.1, -0.05) is 44.2 Å². The monoisotopic (exact) mass is 396 g/mol. The Bertz CT molecular complexity index is 541. The second-order valence-corrected chi connectivity index (χ2v) is 6.97. The van der Waals surface area contributed by atoms with Crippen molar-refractivity contribution in [1.29, 1.82) is 0 Å². The number of hydrogen-bond acceptors (Lipinski definition) is 1. The smallest absolute Gasteiger partial charge is 0.148 e. The summed E-state index contributed by atoms with van der Waals surface area (Å²) in [5.74, 6) is 1.51. The van der Waals surface area contributed by atoms with Gasteiger partial charge in [-0.25, -0.2) is 0 Å². The van der Waals surface area contributed by atoms with E-state index in [4.69, 9.17) is 4.74 Å². The van der Waals surface area contributed by atoms with E-state index in [0.29, 0.717) is 12.5 Å². The van der Waals surface area contributed by atoms with Crippen LogP contribution < -0.4 is 4.74 Å². The average Bonchev–Trinajstić information content (AvgIpc) is 2.38. The molecule has 0 N–H and O–H groups in total. The van der Waals surface area contributed by atoms with Gasteiger partial charge in [0.2, 0.25) is 0 Å². The maximum absolute atomic E-state index is 5.92. The first-order valence-corrected chi connectivity index (χ1v) is 8.29. The molecule has 0 aromatic heterocycles. The summed E-state index contributed by atoms with van der Waals surface area (Å²) in [4.78, 5) is 0. The van der Waals surface area contributed by atoms with Crippen LogP contribution in [0.5, 0.6) is 5.75 Å². The van der Waals surface area contributed by atoms with Crippen LogP contribution in [-0.4, -0.2) is 0 Å². The minimum absolute atomic E-state index is 0.571. The van der Waals surface area contributed by atoms with Crippen molar-refractivity contribution >= 4 is 31.9 Å². The lowest BCUT2D eigenvalue weighted by Crippen LogP contribution is -1.99. The Morgan fingerprint density at radius 3 is 2.10 bits per heavy atom. The van der Waals surface area contributed by atoms with E-state index in [2.05, 4.69) is 70.0 Å². The van der Waals surface area contributed by atoms with Gasteiger partial charge in [-0.05, 0) is 67.5 Å². The maximum atomic E-state index is 5.92. The van der Waals surface area contributed by atoms with Crippen molar-refractivity contribution in [2.75, 3.05) is 0 Å². The number of hydrogen-bond donors (Lipinski definition) is 0. The lowest BCUT2D eigenvalue weighted by atomic mass is 10.0. The van der Waals surface area contributed by atoms with Crippen LogP contribution >= 0.6 is 31.9 Å². The van der Waals surface area contributed by atoms with Crippen molar-refractivity contribution in [3.8, 4) is 5.75 Å². The fourth-order valence-corrected chi connectivity index (χ4v) is 3.58. The summed E-state index contributed by atoms with van der Waals surface area (Å²) in [7, 11) is 0. The van der Waals surface area contributed by atoms with Gasteiger partial charge in [0.15, 0.2) is 0 Å². The summed E-state index contributed by atoms with van der Waals surface area (Å²) in [5.41, 5.74) is 2.48. The Balaban J connectivity index is 2.12. The van der Waals surface area contributed by atoms with Crippen molar-refractivity contribution in [2.24, 2.45) is 5.92 Å². The Kier molecular flexibility index (Phi) is 5.67. The summed E-state index contributed by atoms with van der Waals surface area (Å²) in [6.45, 7) is 5.02. The highest BCUT2D eigenvalue weighted by Gasteiger charge is 2.10. The molecule has 0 bridgehead atoms. The van der Waals surface area contributed by atoms with Gasteiger partial charge in [0, 0.05) is 0 Å². The van der Waals surface area contributed by atoms with Crippen molar-refractivity contribution < 1.29 is 4.74 Å². The van der Waals surface area contributed by atoms with Crippen molar-refractivity contribution in [3.63, 3.8) is 0 Å². The molecule has 0 aliphatic rings. The fourth-order valence-electron chi connectivity index (χ4n) is 2.07. The Morgan fingerprint density at radius 2 is 1.55 bits per heavy atom. The summed E-state index contributed by atoms with van der Waals surface area (Å²) < 4.78 is 7.92. The van der Waals surface area contributed by atoms with Crippen LogP contribution in [0, 0.1) is 5.92 Å². The largest absolute Gasteiger partial charge is 0.487 e. The average molecular weight is 398 g/mol. The first kappa shape index (κ1) is 15.6. The van der Waals surface area contributed by atoms with Crippen molar-refractivity contribution in [3.05, 3.63) is 62.5 Å². The van der Waals surface area contributed by atoms with Gasteiger partial charge in [0.25, 0.3) is 0 Å². The lowest BCUT2D eigenvalue weighted by Gasteiger charge is -2.13. The van der Waals surface area contributed by atoms with E-state index in [-0.39, 0.29) is 0 Å². The minimum Gasteiger partial charge on any atom is -0.487 e. The number of ether oxygens (including phenoxy) is 1.